The second-order valence-corrected chi connectivity index (χ2v) is 8.46. The Kier molecular flexibility index (Phi) is 13.4. The first-order valence-electron chi connectivity index (χ1n) is 10.4. The Bertz CT molecular complexity index is 683. The van der Waals surface area contributed by atoms with Gasteiger partial charge in [0.25, 0.3) is 0 Å². The smallest absolute Gasteiger partial charge is 0.326 e. The third kappa shape index (κ3) is 10.7. The van der Waals surface area contributed by atoms with E-state index in [2.05, 4.69) is 33.6 Å². The van der Waals surface area contributed by atoms with E-state index >= 15 is 0 Å². The van der Waals surface area contributed by atoms with Crippen LogP contribution in [0.25, 0.3) is 0 Å². The van der Waals surface area contributed by atoms with E-state index < -0.39 is 47.9 Å². The Morgan fingerprint density at radius 2 is 1.44 bits per heavy atom. The van der Waals surface area contributed by atoms with Crippen LogP contribution in [0.4, 0.5) is 0 Å². The van der Waals surface area contributed by atoms with E-state index in [1.165, 1.54) is 0 Å². The molecular formula is C19H37N7O5S. The highest BCUT2D eigenvalue weighted by molar-refractivity contribution is 7.80. The highest BCUT2D eigenvalue weighted by atomic mass is 32.1. The lowest BCUT2D eigenvalue weighted by atomic mass is 10.0. The van der Waals surface area contributed by atoms with Gasteiger partial charge in [0.15, 0.2) is 5.96 Å². The predicted octanol–water partition coefficient (Wildman–Crippen LogP) is -1.85. The number of carboxylic acids is 1. The third-order valence-electron chi connectivity index (χ3n) is 4.65. The molecule has 4 atom stereocenters. The SMILES string of the molecule is CC(C)C(N)C(=O)NC(CCCN=C(N)N)C(=O)NC(CS)C(=O)NC(C(=O)O)C(C)C. The summed E-state index contributed by atoms with van der Waals surface area (Å²) >= 11 is 4.09. The number of rotatable bonds is 14. The highest BCUT2D eigenvalue weighted by Crippen LogP contribution is 2.06. The Labute approximate surface area is 193 Å². The molecule has 0 aromatic carbocycles. The standard InChI is InChI=1S/C19H37N7O5S/c1-9(2)13(20)17(29)24-11(6-5-7-23-19(21)22)15(27)25-12(8-32)16(28)26-14(10(3)4)18(30)31/h9-14,32H,5-8,20H2,1-4H3,(H,24,29)(H,25,27)(H,26,28)(H,30,31)(H4,21,22,23). The van der Waals surface area contributed by atoms with Gasteiger partial charge in [0, 0.05) is 12.3 Å². The monoisotopic (exact) mass is 475 g/mol. The molecule has 0 aromatic heterocycles. The molecule has 0 aliphatic rings. The molecule has 0 spiro atoms. The maximum Gasteiger partial charge on any atom is 0.326 e. The maximum atomic E-state index is 12.8. The van der Waals surface area contributed by atoms with Crippen LogP contribution in [0.2, 0.25) is 0 Å². The number of thiol groups is 1. The third-order valence-corrected chi connectivity index (χ3v) is 5.01. The zero-order valence-electron chi connectivity index (χ0n) is 19.0. The Morgan fingerprint density at radius 3 is 1.88 bits per heavy atom. The van der Waals surface area contributed by atoms with E-state index in [9.17, 15) is 24.3 Å². The number of nitrogens with zero attached hydrogens (tertiary/aromatic N) is 1. The van der Waals surface area contributed by atoms with E-state index in [4.69, 9.17) is 17.2 Å². The Balaban J connectivity index is 5.34. The van der Waals surface area contributed by atoms with Gasteiger partial charge in [-0.1, -0.05) is 27.7 Å². The first-order valence-corrected chi connectivity index (χ1v) is 11.0. The van der Waals surface area contributed by atoms with Crippen molar-refractivity contribution in [1.29, 1.82) is 0 Å². The summed E-state index contributed by atoms with van der Waals surface area (Å²) in [7, 11) is 0. The minimum atomic E-state index is -1.19. The van der Waals surface area contributed by atoms with E-state index in [1.54, 1.807) is 27.7 Å². The maximum absolute atomic E-state index is 12.8. The van der Waals surface area contributed by atoms with Crippen LogP contribution in [0.5, 0.6) is 0 Å². The zero-order chi connectivity index (χ0) is 25.0. The molecule has 10 N–H and O–H groups in total. The molecule has 3 amide bonds. The molecule has 0 heterocycles. The van der Waals surface area contributed by atoms with Crippen molar-refractivity contribution in [3.8, 4) is 0 Å². The minimum absolute atomic E-state index is 0.0812. The fourth-order valence-electron chi connectivity index (χ4n) is 2.58. The number of aliphatic carboxylic acids is 1. The molecule has 0 saturated carbocycles. The van der Waals surface area contributed by atoms with Crippen molar-refractivity contribution in [1.82, 2.24) is 16.0 Å². The molecule has 12 nitrogen and oxygen atoms in total. The van der Waals surface area contributed by atoms with E-state index in [1.807, 2.05) is 0 Å². The molecule has 32 heavy (non-hydrogen) atoms. The van der Waals surface area contributed by atoms with Gasteiger partial charge in [0.2, 0.25) is 17.7 Å². The molecule has 0 aromatic rings. The van der Waals surface area contributed by atoms with Crippen molar-refractivity contribution in [2.24, 2.45) is 34.0 Å². The van der Waals surface area contributed by atoms with Gasteiger partial charge in [0.1, 0.15) is 18.1 Å². The molecule has 0 radical (unpaired) electrons. The van der Waals surface area contributed by atoms with Crippen LogP contribution in [-0.2, 0) is 19.2 Å². The average molecular weight is 476 g/mol. The van der Waals surface area contributed by atoms with Gasteiger partial charge in [-0.25, -0.2) is 4.79 Å². The fraction of sp³-hybridized carbons (Fsp3) is 0.737. The van der Waals surface area contributed by atoms with Crippen LogP contribution >= 0.6 is 12.6 Å². The molecule has 184 valence electrons. The van der Waals surface area contributed by atoms with Crippen LogP contribution in [0, 0.1) is 11.8 Å². The summed E-state index contributed by atoms with van der Waals surface area (Å²) in [5.74, 6) is -3.73. The molecule has 0 rings (SSSR count). The van der Waals surface area contributed by atoms with Gasteiger partial charge in [-0.2, -0.15) is 12.6 Å². The van der Waals surface area contributed by atoms with Crippen molar-refractivity contribution in [3.63, 3.8) is 0 Å². The lowest BCUT2D eigenvalue weighted by molar-refractivity contribution is -0.143. The van der Waals surface area contributed by atoms with Crippen molar-refractivity contribution in [2.45, 2.75) is 64.7 Å². The molecule has 0 saturated heterocycles. The van der Waals surface area contributed by atoms with E-state index in [0.29, 0.717) is 6.42 Å². The van der Waals surface area contributed by atoms with Gasteiger partial charge >= 0.3 is 5.97 Å². The predicted molar refractivity (Wildman–Crippen MR) is 125 cm³/mol. The molecule has 0 aliphatic heterocycles. The summed E-state index contributed by atoms with van der Waals surface area (Å²) in [6.45, 7) is 7.07. The number of aliphatic imine (C=N–C) groups is 1. The van der Waals surface area contributed by atoms with Crippen LogP contribution in [0.1, 0.15) is 40.5 Å². The highest BCUT2D eigenvalue weighted by Gasteiger charge is 2.30. The van der Waals surface area contributed by atoms with Crippen molar-refractivity contribution in [2.75, 3.05) is 12.3 Å². The largest absolute Gasteiger partial charge is 0.480 e. The van der Waals surface area contributed by atoms with E-state index in [0.717, 1.165) is 0 Å². The fourth-order valence-corrected chi connectivity index (χ4v) is 2.83. The molecular weight excluding hydrogens is 438 g/mol. The number of guanidine groups is 1. The number of carboxylic acid groups (broad SMARTS) is 1. The number of hydrogen-bond donors (Lipinski definition) is 8. The van der Waals surface area contributed by atoms with Crippen LogP contribution in [0.3, 0.4) is 0 Å². The van der Waals surface area contributed by atoms with E-state index in [-0.39, 0.29) is 36.5 Å². The Hall–Kier alpha value is -2.54. The van der Waals surface area contributed by atoms with Crippen LogP contribution in [0.15, 0.2) is 4.99 Å². The number of nitrogens with two attached hydrogens (primary N) is 3. The van der Waals surface area contributed by atoms with Gasteiger partial charge in [0.05, 0.1) is 6.04 Å². The van der Waals surface area contributed by atoms with Gasteiger partial charge in [-0.15, -0.1) is 0 Å². The minimum Gasteiger partial charge on any atom is -0.480 e. The number of carbonyl (C=O) groups excluding carboxylic acids is 3. The van der Waals surface area contributed by atoms with Crippen molar-refractivity contribution >= 4 is 42.3 Å². The summed E-state index contributed by atoms with van der Waals surface area (Å²) in [6.07, 6.45) is 0.559. The first-order chi connectivity index (χ1) is 14.8. The summed E-state index contributed by atoms with van der Waals surface area (Å²) in [4.78, 5) is 52.9. The summed E-state index contributed by atoms with van der Waals surface area (Å²) in [6, 6.07) is -4.06. The second-order valence-electron chi connectivity index (χ2n) is 8.09. The molecule has 4 unspecified atom stereocenters. The lowest BCUT2D eigenvalue weighted by Gasteiger charge is -2.25. The average Bonchev–Trinajstić information content (AvgIpc) is 2.70. The second kappa shape index (κ2) is 14.5. The van der Waals surface area contributed by atoms with Gasteiger partial charge in [-0.3, -0.25) is 19.4 Å². The first kappa shape index (κ1) is 29.5. The molecule has 0 aliphatic carbocycles. The molecule has 0 bridgehead atoms. The Morgan fingerprint density at radius 1 is 0.906 bits per heavy atom. The number of carbonyl (C=O) groups is 4. The summed E-state index contributed by atoms with van der Waals surface area (Å²) in [5.41, 5.74) is 16.4. The number of amides is 3. The summed E-state index contributed by atoms with van der Waals surface area (Å²) in [5, 5.41) is 16.8. The quantitative estimate of drug-likeness (QED) is 0.0616. The van der Waals surface area contributed by atoms with Crippen LogP contribution in [-0.4, -0.2) is 71.2 Å². The normalized spacial score (nSPS) is 14.8. The van der Waals surface area contributed by atoms with Gasteiger partial charge < -0.3 is 38.3 Å². The molecule has 0 fully saturated rings. The number of hydrogen-bond acceptors (Lipinski definition) is 7. The van der Waals surface area contributed by atoms with Crippen LogP contribution < -0.4 is 33.2 Å². The summed E-state index contributed by atoms with van der Waals surface area (Å²) < 4.78 is 0. The number of nitrogens with one attached hydrogen (secondary N) is 3. The molecule has 13 heteroatoms. The van der Waals surface area contributed by atoms with Crippen molar-refractivity contribution < 1.29 is 24.3 Å². The topological polar surface area (TPSA) is 215 Å². The van der Waals surface area contributed by atoms with Crippen molar-refractivity contribution in [3.05, 3.63) is 0 Å². The van der Waals surface area contributed by atoms with Gasteiger partial charge in [-0.05, 0) is 24.7 Å². The lowest BCUT2D eigenvalue weighted by Crippen LogP contribution is -2.58. The zero-order valence-corrected chi connectivity index (χ0v) is 19.9.